The lowest BCUT2D eigenvalue weighted by molar-refractivity contribution is -0.181. The minimum Gasteiger partial charge on any atom is -0.466 e. The van der Waals surface area contributed by atoms with Gasteiger partial charge in [-0.3, -0.25) is 9.59 Å². The number of rotatable bonds is 40. The van der Waals surface area contributed by atoms with Crippen molar-refractivity contribution in [1.29, 1.82) is 0 Å². The molecule has 2 fully saturated rings. The number of hydrogen-bond acceptors (Lipinski definition) is 7. The van der Waals surface area contributed by atoms with Crippen molar-refractivity contribution in [2.24, 2.45) is 11.8 Å². The van der Waals surface area contributed by atoms with Crippen molar-refractivity contribution in [3.05, 3.63) is 0 Å². The molecule has 2 aliphatic rings. The van der Waals surface area contributed by atoms with Gasteiger partial charge >= 0.3 is 11.9 Å². The molecule has 1 unspecified atom stereocenters. The Morgan fingerprint density at radius 1 is 0.534 bits per heavy atom. The molecule has 0 spiro atoms. The molecule has 342 valence electrons. The van der Waals surface area contributed by atoms with Gasteiger partial charge in [-0.1, -0.05) is 175 Å². The van der Waals surface area contributed by atoms with E-state index >= 15 is 0 Å². The van der Waals surface area contributed by atoms with E-state index in [9.17, 15) is 9.59 Å². The molecule has 2 rings (SSSR count). The number of carbonyl (C=O) groups excluding carboxylic acids is 2. The van der Waals surface area contributed by atoms with Crippen LogP contribution in [0.3, 0.4) is 0 Å². The second-order valence-corrected chi connectivity index (χ2v) is 18.6. The zero-order valence-corrected chi connectivity index (χ0v) is 39.1. The Morgan fingerprint density at radius 2 is 0.948 bits per heavy atom. The van der Waals surface area contributed by atoms with Crippen LogP contribution in [0.25, 0.3) is 0 Å². The largest absolute Gasteiger partial charge is 0.466 e. The van der Waals surface area contributed by atoms with Gasteiger partial charge in [0.25, 0.3) is 0 Å². The van der Waals surface area contributed by atoms with Crippen LogP contribution in [0.4, 0.5) is 0 Å². The summed E-state index contributed by atoms with van der Waals surface area (Å²) in [5.74, 6) is 0.933. The second-order valence-electron chi connectivity index (χ2n) is 18.6. The van der Waals surface area contributed by atoms with E-state index in [1.165, 1.54) is 135 Å². The zero-order valence-electron chi connectivity index (χ0n) is 39.1. The van der Waals surface area contributed by atoms with Crippen molar-refractivity contribution in [2.45, 2.75) is 264 Å². The average Bonchev–Trinajstić information content (AvgIpc) is 3.62. The van der Waals surface area contributed by atoms with Crippen LogP contribution in [-0.4, -0.2) is 68.2 Å². The Labute approximate surface area is 360 Å². The van der Waals surface area contributed by atoms with E-state index in [0.717, 1.165) is 96.4 Å². The van der Waals surface area contributed by atoms with Gasteiger partial charge in [0, 0.05) is 32.2 Å². The number of nitrogens with zero attached hydrogens (tertiary/aromatic N) is 1. The minimum atomic E-state index is -0.454. The third kappa shape index (κ3) is 27.6. The highest BCUT2D eigenvalue weighted by atomic mass is 16.7. The molecule has 0 aromatic rings. The van der Waals surface area contributed by atoms with Crippen LogP contribution in [0.5, 0.6) is 0 Å². The highest BCUT2D eigenvalue weighted by Crippen LogP contribution is 2.35. The van der Waals surface area contributed by atoms with E-state index in [4.69, 9.17) is 18.9 Å². The fraction of sp³-hybridized carbons (Fsp3) is 0.961. The van der Waals surface area contributed by atoms with Crippen LogP contribution in [0.15, 0.2) is 0 Å². The van der Waals surface area contributed by atoms with E-state index in [0.29, 0.717) is 44.5 Å². The van der Waals surface area contributed by atoms with Crippen LogP contribution in [-0.2, 0) is 28.5 Å². The summed E-state index contributed by atoms with van der Waals surface area (Å²) in [5.41, 5.74) is 0. The molecule has 0 bridgehead atoms. The van der Waals surface area contributed by atoms with Gasteiger partial charge in [0.2, 0.25) is 0 Å². The first-order valence-electron chi connectivity index (χ1n) is 25.8. The molecule has 0 amide bonds. The maximum absolute atomic E-state index is 12.5. The Morgan fingerprint density at radius 3 is 1.38 bits per heavy atom. The van der Waals surface area contributed by atoms with Crippen LogP contribution in [0.1, 0.15) is 252 Å². The molecule has 0 N–H and O–H groups in total. The molecule has 0 aromatic heterocycles. The lowest BCUT2D eigenvalue weighted by Gasteiger charge is -2.31. The number of unbranched alkanes of at least 4 members (excludes halogenated alkanes) is 16. The summed E-state index contributed by atoms with van der Waals surface area (Å²) in [5, 5.41) is 0. The summed E-state index contributed by atoms with van der Waals surface area (Å²) >= 11 is 0. The summed E-state index contributed by atoms with van der Waals surface area (Å²) in [6.45, 7) is 14.3. The number of piperidine rings is 1. The summed E-state index contributed by atoms with van der Waals surface area (Å²) < 4.78 is 24.7. The molecule has 2 aliphatic heterocycles. The van der Waals surface area contributed by atoms with Crippen molar-refractivity contribution in [2.75, 3.05) is 39.5 Å². The maximum Gasteiger partial charge on any atom is 0.305 e. The van der Waals surface area contributed by atoms with E-state index in [-0.39, 0.29) is 18.0 Å². The molecule has 1 atom stereocenters. The first-order valence-corrected chi connectivity index (χ1v) is 25.8. The van der Waals surface area contributed by atoms with Crippen molar-refractivity contribution in [3.63, 3.8) is 0 Å². The second kappa shape index (κ2) is 36.5. The number of likely N-dealkylation sites (tertiary alicyclic amines) is 1. The molecular formula is C51H97NO6. The van der Waals surface area contributed by atoms with Crippen molar-refractivity contribution < 1.29 is 28.5 Å². The monoisotopic (exact) mass is 820 g/mol. The first kappa shape index (κ1) is 53.0. The van der Waals surface area contributed by atoms with Gasteiger partial charge in [0.15, 0.2) is 5.79 Å². The quantitative estimate of drug-likeness (QED) is 0.0450. The number of ether oxygens (including phenoxy) is 4. The SMILES string of the molecule is CCCCCC(CCCCC)CCOC(=O)CCCCCCCC1(CCCCCCCC(=O)OCCC(CCCCC)CCCCC)OCC(CN2CCCCC2)O1. The topological polar surface area (TPSA) is 74.3 Å². The van der Waals surface area contributed by atoms with Gasteiger partial charge in [0.05, 0.1) is 25.9 Å². The van der Waals surface area contributed by atoms with Crippen molar-refractivity contribution >= 4 is 11.9 Å². The maximum atomic E-state index is 12.5. The highest BCUT2D eigenvalue weighted by molar-refractivity contribution is 5.69. The lowest BCUT2D eigenvalue weighted by Crippen LogP contribution is -2.39. The van der Waals surface area contributed by atoms with E-state index in [1.807, 2.05) is 0 Å². The highest BCUT2D eigenvalue weighted by Gasteiger charge is 2.41. The van der Waals surface area contributed by atoms with Crippen LogP contribution < -0.4 is 0 Å². The Hall–Kier alpha value is -1.18. The van der Waals surface area contributed by atoms with Crippen LogP contribution >= 0.6 is 0 Å². The molecule has 0 radical (unpaired) electrons. The van der Waals surface area contributed by atoms with Gasteiger partial charge in [-0.05, 0) is 76.3 Å². The van der Waals surface area contributed by atoms with E-state index in [2.05, 4.69) is 32.6 Å². The molecule has 58 heavy (non-hydrogen) atoms. The molecule has 7 heteroatoms. The fourth-order valence-corrected chi connectivity index (χ4v) is 9.33. The summed E-state index contributed by atoms with van der Waals surface area (Å²) in [7, 11) is 0. The van der Waals surface area contributed by atoms with E-state index < -0.39 is 5.79 Å². The van der Waals surface area contributed by atoms with E-state index in [1.54, 1.807) is 0 Å². The molecule has 0 aliphatic carbocycles. The predicted molar refractivity (Wildman–Crippen MR) is 243 cm³/mol. The summed E-state index contributed by atoms with van der Waals surface area (Å²) in [4.78, 5) is 27.5. The lowest BCUT2D eigenvalue weighted by atomic mass is 9.92. The fourth-order valence-electron chi connectivity index (χ4n) is 9.33. The Bertz CT molecular complexity index is 877. The Balaban J connectivity index is 1.64. The van der Waals surface area contributed by atoms with Crippen LogP contribution in [0, 0.1) is 11.8 Å². The van der Waals surface area contributed by atoms with Crippen molar-refractivity contribution in [1.82, 2.24) is 4.90 Å². The van der Waals surface area contributed by atoms with Crippen molar-refractivity contribution in [3.8, 4) is 0 Å². The van der Waals surface area contributed by atoms with Crippen LogP contribution in [0.2, 0.25) is 0 Å². The molecule has 2 saturated heterocycles. The number of hydrogen-bond donors (Lipinski definition) is 0. The zero-order chi connectivity index (χ0) is 41.8. The Kier molecular flexibility index (Phi) is 33.3. The summed E-state index contributed by atoms with van der Waals surface area (Å²) in [6, 6.07) is 0. The van der Waals surface area contributed by atoms with Gasteiger partial charge in [-0.15, -0.1) is 0 Å². The smallest absolute Gasteiger partial charge is 0.305 e. The summed E-state index contributed by atoms with van der Waals surface area (Å²) in [6.07, 6.45) is 40.5. The normalized spacial score (nSPS) is 17.1. The van der Waals surface area contributed by atoms with Gasteiger partial charge in [0.1, 0.15) is 0 Å². The van der Waals surface area contributed by atoms with Gasteiger partial charge < -0.3 is 23.8 Å². The first-order chi connectivity index (χ1) is 28.4. The third-order valence-corrected chi connectivity index (χ3v) is 13.1. The minimum absolute atomic E-state index is 0.0121. The standard InChI is InChI=1S/C51H97NO6/c1-5-9-20-30-46(31-21-10-6-2)36-42-55-49(53)34-24-15-13-17-26-38-51(57-45-48(58-51)44-52-40-28-19-29-41-52)39-27-18-14-16-25-35-50(54)56-43-37-47(32-22-11-7-3)33-23-12-8-4/h46-48H,5-45H2,1-4H3. The van der Waals surface area contributed by atoms with Gasteiger partial charge in [-0.2, -0.15) is 0 Å². The number of esters is 2. The molecule has 7 nitrogen and oxygen atoms in total. The number of carbonyl (C=O) groups is 2. The van der Waals surface area contributed by atoms with Gasteiger partial charge in [-0.25, -0.2) is 0 Å². The third-order valence-electron chi connectivity index (χ3n) is 13.1. The molecule has 0 aromatic carbocycles. The molecular weight excluding hydrogens is 723 g/mol. The molecule has 0 saturated carbocycles. The predicted octanol–water partition coefficient (Wildman–Crippen LogP) is 14.5. The molecule has 2 heterocycles. The average molecular weight is 820 g/mol.